The number of Topliss-reactive ketones (excluding diaryl/α,β-unsaturated/α-hetero) is 1. The van der Waals surface area contributed by atoms with E-state index in [4.69, 9.17) is 6.42 Å². The Bertz CT molecular complexity index is 119. The maximum atomic E-state index is 10.5. The van der Waals surface area contributed by atoms with Crippen molar-refractivity contribution in [3.05, 3.63) is 0 Å². The van der Waals surface area contributed by atoms with Crippen molar-refractivity contribution < 1.29 is 4.79 Å². The lowest BCUT2D eigenvalue weighted by atomic mass is 10.1. The zero-order valence-corrected chi connectivity index (χ0v) is 5.27. The Kier molecular flexibility index (Phi) is 2.95. The normalized spacial score (nSPS) is 12.1. The van der Waals surface area contributed by atoms with Crippen LogP contribution in [0.5, 0.6) is 0 Å². The van der Waals surface area contributed by atoms with E-state index in [0.29, 0.717) is 0 Å². The first kappa shape index (κ1) is 7.23. The quantitative estimate of drug-likeness (QED) is 0.386. The molecule has 0 saturated heterocycles. The van der Waals surface area contributed by atoms with Crippen LogP contribution >= 0.6 is 0 Å². The fourth-order valence-electron chi connectivity index (χ4n) is 0.328. The minimum absolute atomic E-state index is 0.0417. The summed E-state index contributed by atoms with van der Waals surface area (Å²) < 4.78 is 0. The molecule has 0 radical (unpaired) electrons. The molecule has 0 rings (SSSR count). The van der Waals surface area contributed by atoms with Gasteiger partial charge in [-0.05, 0) is 12.3 Å². The predicted molar refractivity (Wildman–Crippen MR) is 33.3 cm³/mol. The SMILES string of the molecule is C#CC(=O)C(C)CC. The Labute approximate surface area is 50.1 Å². The first-order valence-electron chi connectivity index (χ1n) is 2.72. The van der Waals surface area contributed by atoms with Crippen molar-refractivity contribution in [1.82, 2.24) is 0 Å². The molecule has 0 bridgehead atoms. The highest BCUT2D eigenvalue weighted by Crippen LogP contribution is 1.99. The highest BCUT2D eigenvalue weighted by atomic mass is 16.1. The fourth-order valence-corrected chi connectivity index (χ4v) is 0.328. The van der Waals surface area contributed by atoms with E-state index in [1.807, 2.05) is 13.8 Å². The van der Waals surface area contributed by atoms with E-state index in [1.54, 1.807) is 0 Å². The zero-order valence-electron chi connectivity index (χ0n) is 5.27. The lowest BCUT2D eigenvalue weighted by Crippen LogP contribution is -2.05. The Balaban J connectivity index is 3.68. The number of carbonyl (C=O) groups is 1. The smallest absolute Gasteiger partial charge is 0.207 e. The lowest BCUT2D eigenvalue weighted by molar-refractivity contribution is -0.116. The third-order valence-electron chi connectivity index (χ3n) is 1.20. The van der Waals surface area contributed by atoms with Crippen molar-refractivity contribution in [2.24, 2.45) is 5.92 Å². The third kappa shape index (κ3) is 1.79. The Morgan fingerprint density at radius 1 is 1.88 bits per heavy atom. The van der Waals surface area contributed by atoms with Gasteiger partial charge in [-0.25, -0.2) is 0 Å². The average molecular weight is 110 g/mol. The molecule has 44 valence electrons. The molecule has 0 amide bonds. The molecule has 1 nitrogen and oxygen atoms in total. The standard InChI is InChI=1S/C7H10O/c1-4-6(3)7(8)5-2/h2,6H,4H2,1,3H3. The Morgan fingerprint density at radius 3 is 2.50 bits per heavy atom. The number of ketones is 1. The van der Waals surface area contributed by atoms with Gasteiger partial charge in [-0.15, -0.1) is 6.42 Å². The third-order valence-corrected chi connectivity index (χ3v) is 1.20. The van der Waals surface area contributed by atoms with Crippen LogP contribution < -0.4 is 0 Å². The first-order chi connectivity index (χ1) is 3.72. The molecule has 0 fully saturated rings. The van der Waals surface area contributed by atoms with Crippen LogP contribution in [0.25, 0.3) is 0 Å². The average Bonchev–Trinajstić information content (AvgIpc) is 1.84. The van der Waals surface area contributed by atoms with E-state index in [0.717, 1.165) is 6.42 Å². The van der Waals surface area contributed by atoms with Gasteiger partial charge in [0.25, 0.3) is 0 Å². The van der Waals surface area contributed by atoms with Gasteiger partial charge in [-0.3, -0.25) is 4.79 Å². The van der Waals surface area contributed by atoms with Crippen LogP contribution in [0.15, 0.2) is 0 Å². The van der Waals surface area contributed by atoms with Crippen molar-refractivity contribution in [2.75, 3.05) is 0 Å². The van der Waals surface area contributed by atoms with E-state index in [-0.39, 0.29) is 11.7 Å². The molecule has 0 spiro atoms. The van der Waals surface area contributed by atoms with Crippen LogP contribution in [-0.2, 0) is 4.79 Å². The van der Waals surface area contributed by atoms with Gasteiger partial charge in [-0.1, -0.05) is 13.8 Å². The van der Waals surface area contributed by atoms with Crippen LogP contribution in [0.2, 0.25) is 0 Å². The van der Waals surface area contributed by atoms with E-state index in [1.165, 1.54) is 0 Å². The maximum absolute atomic E-state index is 10.5. The van der Waals surface area contributed by atoms with Gasteiger partial charge in [0.2, 0.25) is 5.78 Å². The van der Waals surface area contributed by atoms with Crippen molar-refractivity contribution >= 4 is 5.78 Å². The molecule has 0 aliphatic heterocycles. The van der Waals surface area contributed by atoms with Gasteiger partial charge in [-0.2, -0.15) is 0 Å². The molecule has 1 unspecified atom stereocenters. The van der Waals surface area contributed by atoms with Crippen molar-refractivity contribution in [3.63, 3.8) is 0 Å². The molecule has 0 aromatic rings. The molecule has 0 saturated carbocycles. The summed E-state index contributed by atoms with van der Waals surface area (Å²) in [4.78, 5) is 10.5. The molecule has 0 aromatic heterocycles. The van der Waals surface area contributed by atoms with Crippen LogP contribution in [0.3, 0.4) is 0 Å². The maximum Gasteiger partial charge on any atom is 0.207 e. The summed E-state index contributed by atoms with van der Waals surface area (Å²) in [5.41, 5.74) is 0. The van der Waals surface area contributed by atoms with E-state index in [9.17, 15) is 4.79 Å². The van der Waals surface area contributed by atoms with E-state index < -0.39 is 0 Å². The number of hydrogen-bond acceptors (Lipinski definition) is 1. The molecule has 8 heavy (non-hydrogen) atoms. The minimum atomic E-state index is -0.0903. The Morgan fingerprint density at radius 2 is 2.38 bits per heavy atom. The molecule has 1 atom stereocenters. The summed E-state index contributed by atoms with van der Waals surface area (Å²) in [6.07, 6.45) is 5.69. The lowest BCUT2D eigenvalue weighted by Gasteiger charge is -1.97. The van der Waals surface area contributed by atoms with Gasteiger partial charge < -0.3 is 0 Å². The second-order valence-corrected chi connectivity index (χ2v) is 1.82. The molecule has 1 heteroatoms. The van der Waals surface area contributed by atoms with Crippen LogP contribution in [-0.4, -0.2) is 5.78 Å². The summed E-state index contributed by atoms with van der Waals surface area (Å²) >= 11 is 0. The molecule has 0 N–H and O–H groups in total. The fraction of sp³-hybridized carbons (Fsp3) is 0.571. The summed E-state index contributed by atoms with van der Waals surface area (Å²) in [6, 6.07) is 0. The van der Waals surface area contributed by atoms with Gasteiger partial charge in [0.15, 0.2) is 0 Å². The summed E-state index contributed by atoms with van der Waals surface area (Å²) in [6.45, 7) is 3.78. The van der Waals surface area contributed by atoms with Gasteiger partial charge in [0.1, 0.15) is 0 Å². The van der Waals surface area contributed by atoms with E-state index >= 15 is 0 Å². The van der Waals surface area contributed by atoms with E-state index in [2.05, 4.69) is 5.92 Å². The van der Waals surface area contributed by atoms with Crippen molar-refractivity contribution in [3.8, 4) is 12.3 Å². The van der Waals surface area contributed by atoms with Crippen LogP contribution in [0.4, 0.5) is 0 Å². The van der Waals surface area contributed by atoms with Crippen molar-refractivity contribution in [1.29, 1.82) is 0 Å². The minimum Gasteiger partial charge on any atom is -0.285 e. The van der Waals surface area contributed by atoms with Crippen LogP contribution in [0, 0.1) is 18.3 Å². The molecule has 0 aliphatic rings. The second kappa shape index (κ2) is 3.26. The molecule has 0 aromatic carbocycles. The molecule has 0 heterocycles. The zero-order chi connectivity index (χ0) is 6.57. The second-order valence-electron chi connectivity index (χ2n) is 1.82. The molecular formula is C7H10O. The highest BCUT2D eigenvalue weighted by Gasteiger charge is 2.04. The molecule has 0 aliphatic carbocycles. The first-order valence-corrected chi connectivity index (χ1v) is 2.72. The monoisotopic (exact) mass is 110 g/mol. The van der Waals surface area contributed by atoms with Crippen molar-refractivity contribution in [2.45, 2.75) is 20.3 Å². The van der Waals surface area contributed by atoms with Gasteiger partial charge in [0.05, 0.1) is 0 Å². The molecular weight excluding hydrogens is 100 g/mol. The number of terminal acetylenes is 1. The van der Waals surface area contributed by atoms with Crippen LogP contribution in [0.1, 0.15) is 20.3 Å². The topological polar surface area (TPSA) is 17.1 Å². The number of rotatable bonds is 2. The highest BCUT2D eigenvalue weighted by molar-refractivity contribution is 5.96. The Hall–Kier alpha value is -0.770. The van der Waals surface area contributed by atoms with Gasteiger partial charge >= 0.3 is 0 Å². The summed E-state index contributed by atoms with van der Waals surface area (Å²) in [7, 11) is 0. The largest absolute Gasteiger partial charge is 0.285 e. The van der Waals surface area contributed by atoms with Gasteiger partial charge in [0, 0.05) is 5.92 Å². The number of carbonyl (C=O) groups excluding carboxylic acids is 1. The summed E-state index contributed by atoms with van der Waals surface area (Å²) in [5.74, 6) is 2.03. The predicted octanol–water partition coefficient (Wildman–Crippen LogP) is 1.23. The number of hydrogen-bond donors (Lipinski definition) is 0. The summed E-state index contributed by atoms with van der Waals surface area (Å²) in [5, 5.41) is 0.